The Morgan fingerprint density at radius 3 is 2.44 bits per heavy atom. The summed E-state index contributed by atoms with van der Waals surface area (Å²) in [7, 11) is 0. The number of benzene rings is 1. The van der Waals surface area contributed by atoms with E-state index in [0.717, 1.165) is 48.3 Å². The van der Waals surface area contributed by atoms with Gasteiger partial charge in [-0.05, 0) is 79.8 Å². The molecule has 36 heavy (non-hydrogen) atoms. The molecule has 2 aromatic heterocycles. The van der Waals surface area contributed by atoms with Crippen molar-refractivity contribution < 1.29 is 0 Å². The Kier molecular flexibility index (Phi) is 8.19. The van der Waals surface area contributed by atoms with Gasteiger partial charge in [0.1, 0.15) is 10.8 Å². The van der Waals surface area contributed by atoms with Gasteiger partial charge in [0, 0.05) is 48.5 Å². The van der Waals surface area contributed by atoms with Crippen LogP contribution in [0.15, 0.2) is 59.0 Å². The Morgan fingerprint density at radius 2 is 1.72 bits per heavy atom. The number of aromatic nitrogens is 4. The summed E-state index contributed by atoms with van der Waals surface area (Å²) in [5.41, 5.74) is 1.36. The van der Waals surface area contributed by atoms with E-state index in [9.17, 15) is 0 Å². The summed E-state index contributed by atoms with van der Waals surface area (Å²) in [6, 6.07) is 12.1. The van der Waals surface area contributed by atoms with Crippen molar-refractivity contribution in [3.63, 3.8) is 0 Å². The van der Waals surface area contributed by atoms with E-state index in [1.54, 1.807) is 18.5 Å². The smallest absolute Gasteiger partial charge is 0.232 e. The summed E-state index contributed by atoms with van der Waals surface area (Å²) in [4.78, 5) is 20.5. The zero-order valence-electron chi connectivity index (χ0n) is 20.1. The molecular weight excluding hydrogens is 510 g/mol. The molecule has 2 N–H and O–H groups in total. The highest BCUT2D eigenvalue weighted by molar-refractivity contribution is 7.99. The number of piperidine rings is 1. The summed E-state index contributed by atoms with van der Waals surface area (Å²) < 4.78 is 0. The molecule has 2 fully saturated rings. The third kappa shape index (κ3) is 6.25. The molecule has 1 aliphatic heterocycles. The van der Waals surface area contributed by atoms with Crippen LogP contribution in [0.5, 0.6) is 0 Å². The Labute approximate surface area is 226 Å². The third-order valence-corrected chi connectivity index (χ3v) is 8.25. The van der Waals surface area contributed by atoms with Gasteiger partial charge in [-0.2, -0.15) is 4.98 Å². The first-order chi connectivity index (χ1) is 17.6. The van der Waals surface area contributed by atoms with Crippen molar-refractivity contribution in [1.82, 2.24) is 25.3 Å². The van der Waals surface area contributed by atoms with Gasteiger partial charge in [-0.25, -0.2) is 15.0 Å². The number of rotatable bonds is 7. The first-order valence-electron chi connectivity index (χ1n) is 12.5. The van der Waals surface area contributed by atoms with Gasteiger partial charge in [-0.3, -0.25) is 0 Å². The van der Waals surface area contributed by atoms with Crippen molar-refractivity contribution in [1.29, 1.82) is 0 Å². The average molecular weight is 540 g/mol. The summed E-state index contributed by atoms with van der Waals surface area (Å²) in [5, 5.41) is 9.43. The maximum Gasteiger partial charge on any atom is 0.232 e. The van der Waals surface area contributed by atoms with E-state index >= 15 is 0 Å². The maximum absolute atomic E-state index is 6.14. The van der Waals surface area contributed by atoms with E-state index in [1.165, 1.54) is 49.4 Å². The number of hydrogen-bond acceptors (Lipinski definition) is 7. The van der Waals surface area contributed by atoms with Crippen molar-refractivity contribution in [3.8, 4) is 0 Å². The van der Waals surface area contributed by atoms with Gasteiger partial charge in [-0.15, -0.1) is 0 Å². The topological polar surface area (TPSA) is 78.9 Å². The maximum atomic E-state index is 6.14. The van der Waals surface area contributed by atoms with Gasteiger partial charge in [0.2, 0.25) is 5.95 Å². The fraction of sp³-hybridized carbons (Fsp3) is 0.423. The van der Waals surface area contributed by atoms with Gasteiger partial charge < -0.3 is 15.5 Å². The van der Waals surface area contributed by atoms with Crippen LogP contribution in [-0.2, 0) is 5.41 Å². The van der Waals surface area contributed by atoms with Gasteiger partial charge in [0.15, 0.2) is 10.3 Å². The highest BCUT2D eigenvalue weighted by atomic mass is 35.5. The molecular formula is C26H30ClN7S2. The normalized spacial score (nSPS) is 17.1. The summed E-state index contributed by atoms with van der Waals surface area (Å²) in [6.07, 6.45) is 11.8. The van der Waals surface area contributed by atoms with Crippen LogP contribution in [0.4, 0.5) is 11.8 Å². The van der Waals surface area contributed by atoms with Gasteiger partial charge in [-0.1, -0.05) is 36.6 Å². The number of anilines is 2. The molecule has 1 saturated heterocycles. The van der Waals surface area contributed by atoms with Crippen LogP contribution in [-0.4, -0.2) is 44.7 Å². The Hall–Kier alpha value is -2.49. The average Bonchev–Trinajstić information content (AvgIpc) is 3.39. The third-order valence-electron chi connectivity index (χ3n) is 6.94. The lowest BCUT2D eigenvalue weighted by molar-refractivity contribution is 0.435. The first-order valence-corrected chi connectivity index (χ1v) is 14.1. The molecule has 0 atom stereocenters. The van der Waals surface area contributed by atoms with Crippen LogP contribution in [0.1, 0.15) is 50.5 Å². The molecule has 2 aliphatic rings. The standard InChI is InChI=1S/C26H30ClN7S2/c27-20-9-7-19(8-10-20)26(11-2-3-12-26)18-30-24(35)33-23-31-21(34-15-4-1-5-16-34)17-22(32-23)36-25-28-13-6-14-29-25/h6-10,13-14,17H,1-5,11-12,15-16,18H2,(H2,30,31,32,33,35). The Bertz CT molecular complexity index is 1160. The van der Waals surface area contributed by atoms with E-state index in [0.29, 0.717) is 16.2 Å². The molecule has 3 heterocycles. The molecule has 10 heteroatoms. The number of nitrogens with one attached hydrogen (secondary N) is 2. The number of thiocarbonyl (C=S) groups is 1. The number of hydrogen-bond donors (Lipinski definition) is 2. The van der Waals surface area contributed by atoms with Crippen molar-refractivity contribution >= 4 is 52.5 Å². The molecule has 0 spiro atoms. The van der Waals surface area contributed by atoms with Crippen LogP contribution in [0.2, 0.25) is 5.02 Å². The quantitative estimate of drug-likeness (QED) is 0.218. The Balaban J connectivity index is 1.31. The minimum Gasteiger partial charge on any atom is -0.361 e. The predicted molar refractivity (Wildman–Crippen MR) is 150 cm³/mol. The lowest BCUT2D eigenvalue weighted by Gasteiger charge is -2.31. The minimum atomic E-state index is 0.0541. The van der Waals surface area contributed by atoms with E-state index in [4.69, 9.17) is 33.8 Å². The minimum absolute atomic E-state index is 0.0541. The fourth-order valence-electron chi connectivity index (χ4n) is 5.06. The fourth-order valence-corrected chi connectivity index (χ4v) is 6.06. The zero-order valence-corrected chi connectivity index (χ0v) is 22.5. The summed E-state index contributed by atoms with van der Waals surface area (Å²) in [6.45, 7) is 2.75. The molecule has 0 bridgehead atoms. The first kappa shape index (κ1) is 25.2. The largest absolute Gasteiger partial charge is 0.361 e. The second kappa shape index (κ2) is 11.7. The second-order valence-corrected chi connectivity index (χ2v) is 11.2. The molecule has 3 aromatic rings. The molecule has 0 amide bonds. The lowest BCUT2D eigenvalue weighted by atomic mass is 9.79. The summed E-state index contributed by atoms with van der Waals surface area (Å²) in [5.74, 6) is 1.39. The van der Waals surface area contributed by atoms with E-state index in [2.05, 4.69) is 37.6 Å². The predicted octanol–water partition coefficient (Wildman–Crippen LogP) is 5.86. The number of halogens is 1. The molecule has 5 rings (SSSR count). The van der Waals surface area contributed by atoms with Gasteiger partial charge in [0.25, 0.3) is 0 Å². The molecule has 7 nitrogen and oxygen atoms in total. The van der Waals surface area contributed by atoms with Crippen LogP contribution < -0.4 is 15.5 Å². The molecule has 1 saturated carbocycles. The molecule has 0 radical (unpaired) electrons. The highest BCUT2D eigenvalue weighted by Gasteiger charge is 2.35. The molecule has 188 valence electrons. The lowest BCUT2D eigenvalue weighted by Crippen LogP contribution is -2.41. The van der Waals surface area contributed by atoms with Crippen molar-refractivity contribution in [3.05, 3.63) is 59.4 Å². The van der Waals surface area contributed by atoms with Crippen LogP contribution in [0, 0.1) is 0 Å². The Morgan fingerprint density at radius 1 is 1.00 bits per heavy atom. The van der Waals surface area contributed by atoms with Crippen molar-refractivity contribution in [2.75, 3.05) is 29.9 Å². The van der Waals surface area contributed by atoms with E-state index < -0.39 is 0 Å². The highest BCUT2D eigenvalue weighted by Crippen LogP contribution is 2.41. The van der Waals surface area contributed by atoms with Crippen molar-refractivity contribution in [2.45, 2.75) is 60.5 Å². The van der Waals surface area contributed by atoms with E-state index in [-0.39, 0.29) is 5.41 Å². The van der Waals surface area contributed by atoms with Gasteiger partial charge >= 0.3 is 0 Å². The second-order valence-electron chi connectivity index (χ2n) is 9.37. The van der Waals surface area contributed by atoms with Crippen LogP contribution in [0.3, 0.4) is 0 Å². The molecule has 1 aliphatic carbocycles. The molecule has 1 aromatic carbocycles. The van der Waals surface area contributed by atoms with Crippen LogP contribution in [0.25, 0.3) is 0 Å². The summed E-state index contributed by atoms with van der Waals surface area (Å²) >= 11 is 13.3. The van der Waals surface area contributed by atoms with Gasteiger partial charge in [0.05, 0.1) is 0 Å². The van der Waals surface area contributed by atoms with Crippen LogP contribution >= 0.6 is 35.6 Å². The monoisotopic (exact) mass is 539 g/mol. The van der Waals surface area contributed by atoms with E-state index in [1.807, 2.05) is 18.2 Å². The SMILES string of the molecule is S=C(NCC1(c2ccc(Cl)cc2)CCCC1)Nc1nc(Sc2ncccn2)cc(N2CCCCC2)n1. The zero-order chi connectivity index (χ0) is 24.8. The number of nitrogens with zero attached hydrogens (tertiary/aromatic N) is 5. The van der Waals surface area contributed by atoms with Crippen molar-refractivity contribution in [2.24, 2.45) is 0 Å². The molecule has 0 unspecified atom stereocenters.